The quantitative estimate of drug-likeness (QED) is 0.126. The third kappa shape index (κ3) is 5.70. The molecule has 2 aromatic heterocycles. The summed E-state index contributed by atoms with van der Waals surface area (Å²) in [5.74, 6) is 0.645. The molecule has 0 saturated heterocycles. The lowest BCUT2D eigenvalue weighted by Gasteiger charge is -2.06. The van der Waals surface area contributed by atoms with E-state index in [1.165, 1.54) is 28.6 Å². The summed E-state index contributed by atoms with van der Waals surface area (Å²) in [6, 6.07) is 22.5. The van der Waals surface area contributed by atoms with Crippen LogP contribution in [0.25, 0.3) is 39.5 Å². The number of nitro groups is 1. The maximum absolute atomic E-state index is 11.8. The van der Waals surface area contributed by atoms with Crippen molar-refractivity contribution in [3.63, 3.8) is 0 Å². The second-order valence-corrected chi connectivity index (χ2v) is 10.9. The highest BCUT2D eigenvalue weighted by atomic mass is 35.5. The summed E-state index contributed by atoms with van der Waals surface area (Å²) in [6.07, 6.45) is 1.79. The van der Waals surface area contributed by atoms with Gasteiger partial charge in [-0.1, -0.05) is 53.7 Å². The number of halogens is 1. The number of non-ortho nitro benzene ring substituents is 1. The number of hydrogen-bond acceptors (Lipinski definition) is 8. The SMILES string of the molecule is NC(=S)N/N=C1\CSC(n2nc(-c3cn(-c4ccccc4)nc3-c3ccc(Cl)cc3)c(O)c2-c2ccc([N+](=O)[O-])cc2)=N1. The molecule has 43 heavy (non-hydrogen) atoms. The average molecular weight is 630 g/mol. The monoisotopic (exact) mass is 629 g/mol. The van der Waals surface area contributed by atoms with Gasteiger partial charge in [0.15, 0.2) is 21.9 Å². The number of aromatic nitrogens is 4. The highest BCUT2D eigenvalue weighted by Crippen LogP contribution is 2.43. The van der Waals surface area contributed by atoms with Gasteiger partial charge in [0.25, 0.3) is 5.69 Å². The van der Waals surface area contributed by atoms with Gasteiger partial charge in [-0.25, -0.2) is 14.4 Å². The minimum atomic E-state index is -0.489. The van der Waals surface area contributed by atoms with E-state index >= 15 is 0 Å². The Hall–Kier alpha value is -5.05. The maximum Gasteiger partial charge on any atom is 0.269 e. The fourth-order valence-corrected chi connectivity index (χ4v) is 5.38. The first-order valence-corrected chi connectivity index (χ1v) is 14.4. The molecule has 0 spiro atoms. The first kappa shape index (κ1) is 28.1. The number of hydrogen-bond donors (Lipinski definition) is 3. The Morgan fingerprint density at radius 1 is 1.05 bits per heavy atom. The molecular weight excluding hydrogens is 610 g/mol. The number of nitro benzene ring substituents is 1. The lowest BCUT2D eigenvalue weighted by molar-refractivity contribution is -0.384. The molecule has 6 rings (SSSR count). The van der Waals surface area contributed by atoms with Crippen LogP contribution in [0, 0.1) is 10.1 Å². The molecule has 5 aromatic rings. The van der Waals surface area contributed by atoms with Gasteiger partial charge in [-0.05, 0) is 48.6 Å². The Labute approximate surface area is 258 Å². The van der Waals surface area contributed by atoms with E-state index in [4.69, 9.17) is 39.7 Å². The van der Waals surface area contributed by atoms with Crippen LogP contribution in [-0.4, -0.2) is 51.5 Å². The molecule has 0 radical (unpaired) electrons. The molecule has 3 aromatic carbocycles. The van der Waals surface area contributed by atoms with Crippen LogP contribution >= 0.6 is 35.6 Å². The van der Waals surface area contributed by atoms with Crippen molar-refractivity contribution in [3.8, 4) is 45.2 Å². The summed E-state index contributed by atoms with van der Waals surface area (Å²) in [6.45, 7) is 0. The van der Waals surface area contributed by atoms with E-state index in [1.54, 1.807) is 35.1 Å². The van der Waals surface area contributed by atoms with Crippen molar-refractivity contribution in [3.05, 3.63) is 100 Å². The Balaban J connectivity index is 1.56. The highest BCUT2D eigenvalue weighted by molar-refractivity contribution is 8.14. The molecule has 0 amide bonds. The van der Waals surface area contributed by atoms with Gasteiger partial charge >= 0.3 is 0 Å². The van der Waals surface area contributed by atoms with E-state index in [9.17, 15) is 15.2 Å². The molecule has 1 aliphatic rings. The Morgan fingerprint density at radius 2 is 1.74 bits per heavy atom. The van der Waals surface area contributed by atoms with Gasteiger partial charge in [-0.2, -0.15) is 15.3 Å². The predicted octanol–water partition coefficient (Wildman–Crippen LogP) is 5.43. The summed E-state index contributed by atoms with van der Waals surface area (Å²) in [7, 11) is 0. The van der Waals surface area contributed by atoms with Gasteiger partial charge in [0.05, 0.1) is 21.9 Å². The predicted molar refractivity (Wildman–Crippen MR) is 172 cm³/mol. The van der Waals surface area contributed by atoms with Crippen molar-refractivity contribution < 1.29 is 10.0 Å². The molecular formula is C28H20ClN9O3S2. The second kappa shape index (κ2) is 11.7. The number of rotatable bonds is 6. The number of nitrogens with zero attached hydrogens (tertiary/aromatic N) is 7. The molecule has 15 heteroatoms. The summed E-state index contributed by atoms with van der Waals surface area (Å²) < 4.78 is 3.20. The summed E-state index contributed by atoms with van der Waals surface area (Å²) >= 11 is 12.3. The molecule has 0 fully saturated rings. The average Bonchev–Trinajstić information content (AvgIpc) is 3.74. The first-order chi connectivity index (χ1) is 20.8. The number of aliphatic imine (C=N–C) groups is 1. The minimum absolute atomic E-state index is 0.00287. The molecule has 0 bridgehead atoms. The minimum Gasteiger partial charge on any atom is -0.504 e. The van der Waals surface area contributed by atoms with Crippen molar-refractivity contribution in [1.82, 2.24) is 25.0 Å². The number of thiocarbonyl (C=S) groups is 1. The zero-order valence-corrected chi connectivity index (χ0v) is 24.3. The van der Waals surface area contributed by atoms with Crippen molar-refractivity contribution in [2.45, 2.75) is 0 Å². The van der Waals surface area contributed by atoms with Crippen LogP contribution in [0.15, 0.2) is 95.2 Å². The zero-order chi connectivity index (χ0) is 30.1. The molecule has 3 heterocycles. The van der Waals surface area contributed by atoms with Crippen LogP contribution in [-0.2, 0) is 0 Å². The number of nitrogens with two attached hydrogens (primary N) is 1. The largest absolute Gasteiger partial charge is 0.504 e. The van der Waals surface area contributed by atoms with Crippen LogP contribution in [0.3, 0.4) is 0 Å². The Kier molecular flexibility index (Phi) is 7.63. The smallest absolute Gasteiger partial charge is 0.269 e. The second-order valence-electron chi connectivity index (χ2n) is 9.13. The molecule has 0 aliphatic carbocycles. The van der Waals surface area contributed by atoms with Crippen LogP contribution in [0.1, 0.15) is 0 Å². The van der Waals surface area contributed by atoms with Crippen molar-refractivity contribution in [1.29, 1.82) is 0 Å². The van der Waals surface area contributed by atoms with E-state index in [0.29, 0.717) is 38.6 Å². The molecule has 1 aliphatic heterocycles. The van der Waals surface area contributed by atoms with Crippen molar-refractivity contribution in [2.75, 3.05) is 5.75 Å². The molecule has 214 valence electrons. The lowest BCUT2D eigenvalue weighted by atomic mass is 10.0. The number of thioether (sulfide) groups is 1. The van der Waals surface area contributed by atoms with Gasteiger partial charge in [0.2, 0.25) is 0 Å². The number of benzene rings is 3. The van der Waals surface area contributed by atoms with Crippen molar-refractivity contribution >= 4 is 57.4 Å². The highest BCUT2D eigenvalue weighted by Gasteiger charge is 2.29. The van der Waals surface area contributed by atoms with Gasteiger partial charge in [0.1, 0.15) is 17.1 Å². The van der Waals surface area contributed by atoms with Gasteiger partial charge < -0.3 is 10.8 Å². The Bertz CT molecular complexity index is 1920. The first-order valence-electron chi connectivity index (χ1n) is 12.6. The van der Waals surface area contributed by atoms with Crippen molar-refractivity contribution in [2.24, 2.45) is 15.8 Å². The van der Waals surface area contributed by atoms with E-state index in [2.05, 4.69) is 15.5 Å². The number of hydrazone groups is 1. The fraction of sp³-hybridized carbons (Fsp3) is 0.0357. The van der Waals surface area contributed by atoms with E-state index in [-0.39, 0.29) is 27.9 Å². The third-order valence-electron chi connectivity index (χ3n) is 6.35. The molecule has 0 atom stereocenters. The van der Waals surface area contributed by atoms with Gasteiger partial charge in [-0.15, -0.1) is 0 Å². The number of aromatic hydroxyl groups is 1. The van der Waals surface area contributed by atoms with E-state index < -0.39 is 4.92 Å². The summed E-state index contributed by atoms with van der Waals surface area (Å²) in [4.78, 5) is 15.4. The van der Waals surface area contributed by atoms with E-state index in [0.717, 1.165) is 11.3 Å². The van der Waals surface area contributed by atoms with Gasteiger partial charge in [-0.3, -0.25) is 15.5 Å². The summed E-state index contributed by atoms with van der Waals surface area (Å²) in [5.41, 5.74) is 11.6. The maximum atomic E-state index is 11.8. The fourth-order valence-electron chi connectivity index (χ4n) is 4.40. The summed E-state index contributed by atoms with van der Waals surface area (Å²) in [5, 5.41) is 37.8. The molecule has 0 saturated carbocycles. The number of amidine groups is 1. The molecule has 12 nitrogen and oxygen atoms in total. The van der Waals surface area contributed by atoms with Crippen LogP contribution in [0.2, 0.25) is 5.02 Å². The molecule has 4 N–H and O–H groups in total. The standard InChI is InChI=1S/C28H20ClN9O3S2/c29-18-10-6-16(7-11-18)23-21(14-36(34-23)19-4-2-1-3-5-19)24-26(39)25(17-8-12-20(13-9-17)38(40)41)37(35-24)28-31-22(15-43-28)32-33-27(30)42/h1-14,39H,15H2,(H3,30,33,42)/b32-22+. The van der Waals surface area contributed by atoms with Gasteiger partial charge in [0, 0.05) is 34.5 Å². The normalized spacial score (nSPS) is 13.7. The number of para-hydroxylation sites is 1. The zero-order valence-electron chi connectivity index (χ0n) is 22.0. The lowest BCUT2D eigenvalue weighted by Crippen LogP contribution is -2.25. The van der Waals surface area contributed by atoms with Crippen LogP contribution in [0.4, 0.5) is 5.69 Å². The Morgan fingerprint density at radius 3 is 2.42 bits per heavy atom. The third-order valence-corrected chi connectivity index (χ3v) is 7.62. The van der Waals surface area contributed by atoms with E-state index in [1.807, 2.05) is 42.5 Å². The van der Waals surface area contributed by atoms with Crippen LogP contribution in [0.5, 0.6) is 5.75 Å². The van der Waals surface area contributed by atoms with Crippen LogP contribution < -0.4 is 11.2 Å². The topological polar surface area (TPSA) is 162 Å². The number of nitrogens with one attached hydrogen (secondary N) is 1. The molecule has 0 unspecified atom stereocenters.